The Balaban J connectivity index is 2.69. The fourth-order valence-electron chi connectivity index (χ4n) is 1.69. The van der Waals surface area contributed by atoms with Crippen molar-refractivity contribution in [2.75, 3.05) is 7.11 Å². The number of carbonyl (C=O) groups excluding carboxylic acids is 1. The number of rotatable bonds is 5. The lowest BCUT2D eigenvalue weighted by Gasteiger charge is -2.17. The molecule has 0 saturated heterocycles. The van der Waals surface area contributed by atoms with Gasteiger partial charge in [0.1, 0.15) is 5.75 Å². The first-order chi connectivity index (χ1) is 8.04. The predicted molar refractivity (Wildman–Crippen MR) is 67.8 cm³/mol. The molecular weight excluding hydrogens is 216 g/mol. The average molecular weight is 236 g/mol. The van der Waals surface area contributed by atoms with Gasteiger partial charge in [-0.1, -0.05) is 18.2 Å². The van der Waals surface area contributed by atoms with E-state index >= 15 is 0 Å². The van der Waals surface area contributed by atoms with E-state index in [1.165, 1.54) is 0 Å². The predicted octanol–water partition coefficient (Wildman–Crippen LogP) is 1.61. The zero-order valence-corrected chi connectivity index (χ0v) is 10.6. The molecule has 0 fully saturated rings. The standard InChI is InChI=1S/C13H20N2O2/c1-9(14)8-13(16)15-10(2)11-6-4-5-7-12(11)17-3/h4-7,9-10H,8,14H2,1-3H3,(H,15,16)/t9?,10-/m1/s1. The molecule has 1 amide bonds. The molecule has 4 heteroatoms. The van der Waals surface area contributed by atoms with E-state index in [1.807, 2.05) is 38.1 Å². The Hall–Kier alpha value is -1.55. The van der Waals surface area contributed by atoms with Gasteiger partial charge < -0.3 is 15.8 Å². The molecule has 0 bridgehead atoms. The molecule has 1 aromatic carbocycles. The molecule has 2 atom stereocenters. The van der Waals surface area contributed by atoms with Crippen LogP contribution in [-0.4, -0.2) is 19.1 Å². The Morgan fingerprint density at radius 2 is 2.06 bits per heavy atom. The number of benzene rings is 1. The molecule has 1 aromatic rings. The fraction of sp³-hybridized carbons (Fsp3) is 0.462. The molecule has 0 aliphatic heterocycles. The highest BCUT2D eigenvalue weighted by atomic mass is 16.5. The summed E-state index contributed by atoms with van der Waals surface area (Å²) in [7, 11) is 1.62. The molecule has 0 saturated carbocycles. The van der Waals surface area contributed by atoms with E-state index in [0.29, 0.717) is 6.42 Å². The van der Waals surface area contributed by atoms with Crippen molar-refractivity contribution in [3.63, 3.8) is 0 Å². The minimum atomic E-state index is -0.125. The maximum atomic E-state index is 11.6. The Labute approximate surface area is 102 Å². The van der Waals surface area contributed by atoms with Gasteiger partial charge in [0.05, 0.1) is 13.2 Å². The number of hydrogen-bond acceptors (Lipinski definition) is 3. The van der Waals surface area contributed by atoms with Crippen LogP contribution in [0.2, 0.25) is 0 Å². The number of para-hydroxylation sites is 1. The van der Waals surface area contributed by atoms with Crippen molar-refractivity contribution in [3.05, 3.63) is 29.8 Å². The third-order valence-corrected chi connectivity index (χ3v) is 2.49. The van der Waals surface area contributed by atoms with Gasteiger partial charge in [-0.15, -0.1) is 0 Å². The van der Waals surface area contributed by atoms with Crippen LogP contribution in [0.1, 0.15) is 31.9 Å². The van der Waals surface area contributed by atoms with Gasteiger partial charge in [0.2, 0.25) is 5.91 Å². The Kier molecular flexibility index (Phi) is 4.97. The highest BCUT2D eigenvalue weighted by Gasteiger charge is 2.14. The molecule has 17 heavy (non-hydrogen) atoms. The first-order valence-electron chi connectivity index (χ1n) is 5.72. The normalized spacial score (nSPS) is 13.9. The van der Waals surface area contributed by atoms with Gasteiger partial charge in [-0.2, -0.15) is 0 Å². The summed E-state index contributed by atoms with van der Waals surface area (Å²) in [6.45, 7) is 3.74. The topological polar surface area (TPSA) is 64.3 Å². The monoisotopic (exact) mass is 236 g/mol. The molecule has 1 rings (SSSR count). The highest BCUT2D eigenvalue weighted by molar-refractivity contribution is 5.77. The van der Waals surface area contributed by atoms with Crippen LogP contribution in [0.3, 0.4) is 0 Å². The van der Waals surface area contributed by atoms with Gasteiger partial charge in [-0.3, -0.25) is 4.79 Å². The first-order valence-corrected chi connectivity index (χ1v) is 5.72. The number of amides is 1. The summed E-state index contributed by atoms with van der Waals surface area (Å²) in [5.41, 5.74) is 6.54. The lowest BCUT2D eigenvalue weighted by Crippen LogP contribution is -2.31. The summed E-state index contributed by atoms with van der Waals surface area (Å²) in [6.07, 6.45) is 0.333. The van der Waals surface area contributed by atoms with E-state index in [0.717, 1.165) is 11.3 Å². The van der Waals surface area contributed by atoms with Gasteiger partial charge in [-0.25, -0.2) is 0 Å². The lowest BCUT2D eigenvalue weighted by molar-refractivity contribution is -0.122. The van der Waals surface area contributed by atoms with Crippen LogP contribution in [-0.2, 0) is 4.79 Å². The van der Waals surface area contributed by atoms with Crippen molar-refractivity contribution in [1.29, 1.82) is 0 Å². The fourth-order valence-corrected chi connectivity index (χ4v) is 1.69. The van der Waals surface area contributed by atoms with E-state index in [1.54, 1.807) is 7.11 Å². The third kappa shape index (κ3) is 4.07. The molecule has 3 N–H and O–H groups in total. The average Bonchev–Trinajstić information content (AvgIpc) is 2.27. The van der Waals surface area contributed by atoms with Gasteiger partial charge in [-0.05, 0) is 19.9 Å². The van der Waals surface area contributed by atoms with Gasteiger partial charge in [0, 0.05) is 18.0 Å². The van der Waals surface area contributed by atoms with E-state index in [4.69, 9.17) is 10.5 Å². The smallest absolute Gasteiger partial charge is 0.222 e. The van der Waals surface area contributed by atoms with Crippen molar-refractivity contribution >= 4 is 5.91 Å². The van der Waals surface area contributed by atoms with Crippen molar-refractivity contribution in [3.8, 4) is 5.75 Å². The Bertz CT molecular complexity index is 377. The molecule has 4 nitrogen and oxygen atoms in total. The largest absolute Gasteiger partial charge is 0.496 e. The number of ether oxygens (including phenoxy) is 1. The molecule has 0 heterocycles. The summed E-state index contributed by atoms with van der Waals surface area (Å²) in [5, 5.41) is 2.90. The van der Waals surface area contributed by atoms with Crippen LogP contribution in [0.4, 0.5) is 0 Å². The first kappa shape index (κ1) is 13.5. The maximum Gasteiger partial charge on any atom is 0.222 e. The van der Waals surface area contributed by atoms with Gasteiger partial charge in [0.15, 0.2) is 0 Å². The van der Waals surface area contributed by atoms with E-state index < -0.39 is 0 Å². The second-order valence-electron chi connectivity index (χ2n) is 4.21. The van der Waals surface area contributed by atoms with Crippen LogP contribution in [0.25, 0.3) is 0 Å². The summed E-state index contributed by atoms with van der Waals surface area (Å²) < 4.78 is 5.25. The summed E-state index contributed by atoms with van der Waals surface area (Å²) in [4.78, 5) is 11.6. The number of nitrogens with one attached hydrogen (secondary N) is 1. The number of hydrogen-bond donors (Lipinski definition) is 2. The zero-order chi connectivity index (χ0) is 12.8. The number of carbonyl (C=O) groups is 1. The summed E-state index contributed by atoms with van der Waals surface area (Å²) in [5.74, 6) is 0.736. The lowest BCUT2D eigenvalue weighted by atomic mass is 10.1. The van der Waals surface area contributed by atoms with Crippen molar-refractivity contribution < 1.29 is 9.53 Å². The highest BCUT2D eigenvalue weighted by Crippen LogP contribution is 2.24. The minimum absolute atomic E-state index is 0.0431. The Morgan fingerprint density at radius 1 is 1.41 bits per heavy atom. The van der Waals surface area contributed by atoms with Crippen LogP contribution in [0.15, 0.2) is 24.3 Å². The third-order valence-electron chi connectivity index (χ3n) is 2.49. The number of nitrogens with two attached hydrogens (primary N) is 1. The van der Waals surface area contributed by atoms with Crippen LogP contribution < -0.4 is 15.8 Å². The van der Waals surface area contributed by atoms with Crippen molar-refractivity contribution in [1.82, 2.24) is 5.32 Å². The van der Waals surface area contributed by atoms with Crippen molar-refractivity contribution in [2.45, 2.75) is 32.4 Å². The molecule has 0 aliphatic carbocycles. The van der Waals surface area contributed by atoms with Gasteiger partial charge >= 0.3 is 0 Å². The quantitative estimate of drug-likeness (QED) is 0.816. The molecule has 0 aliphatic rings. The molecule has 0 spiro atoms. The Morgan fingerprint density at radius 3 is 2.65 bits per heavy atom. The van der Waals surface area contributed by atoms with E-state index in [-0.39, 0.29) is 18.0 Å². The molecule has 0 radical (unpaired) electrons. The second-order valence-corrected chi connectivity index (χ2v) is 4.21. The van der Waals surface area contributed by atoms with Crippen LogP contribution in [0.5, 0.6) is 5.75 Å². The van der Waals surface area contributed by atoms with E-state index in [2.05, 4.69) is 5.32 Å². The van der Waals surface area contributed by atoms with Crippen LogP contribution in [0, 0.1) is 0 Å². The SMILES string of the molecule is COc1ccccc1[C@@H](C)NC(=O)CC(C)N. The van der Waals surface area contributed by atoms with Crippen molar-refractivity contribution in [2.24, 2.45) is 5.73 Å². The number of methoxy groups -OCH3 is 1. The summed E-state index contributed by atoms with van der Waals surface area (Å²) in [6, 6.07) is 7.43. The molecule has 1 unspecified atom stereocenters. The summed E-state index contributed by atoms with van der Waals surface area (Å²) >= 11 is 0. The molecular formula is C13H20N2O2. The minimum Gasteiger partial charge on any atom is -0.496 e. The second kappa shape index (κ2) is 6.25. The molecule has 94 valence electrons. The van der Waals surface area contributed by atoms with Gasteiger partial charge in [0.25, 0.3) is 0 Å². The maximum absolute atomic E-state index is 11.6. The molecule has 0 aromatic heterocycles. The van der Waals surface area contributed by atoms with Crippen LogP contribution >= 0.6 is 0 Å². The van der Waals surface area contributed by atoms with E-state index in [9.17, 15) is 4.79 Å². The zero-order valence-electron chi connectivity index (χ0n) is 10.6.